The Hall–Kier alpha value is -9.80. The zero-order chi connectivity index (χ0) is 59.7. The van der Waals surface area contributed by atoms with Crippen molar-refractivity contribution >= 4 is 81.5 Å². The van der Waals surface area contributed by atoms with E-state index in [0.717, 1.165) is 28.1 Å². The summed E-state index contributed by atoms with van der Waals surface area (Å²) in [7, 11) is 7.83. The van der Waals surface area contributed by atoms with Gasteiger partial charge in [-0.05, 0) is 158 Å². The van der Waals surface area contributed by atoms with Gasteiger partial charge in [0.25, 0.3) is 11.8 Å². The van der Waals surface area contributed by atoms with Gasteiger partial charge in [0.05, 0.1) is 41.6 Å². The summed E-state index contributed by atoms with van der Waals surface area (Å²) in [6.07, 6.45) is 2.18. The highest BCUT2D eigenvalue weighted by atomic mass is 16.2. The zero-order valence-electron chi connectivity index (χ0n) is 48.3. The molecule has 4 heterocycles. The second-order valence-corrected chi connectivity index (χ2v) is 22.1. The molecular formula is C62H72N16O6. The number of nitrogens with zero attached hydrogens (tertiary/aromatic N) is 6. The summed E-state index contributed by atoms with van der Waals surface area (Å²) in [4.78, 5) is 87.3. The SMILES string of the molecule is C=CC(=O)Nc1ccc(C(=O)Nc2cccc(Nc3n[nH]c4c3CN(C(=O)NCCN(C)C)C4(C)CCCC(=O)Nc3ccc(C(=O)Nc4cccc(Nc5n[nH]c6c5CN(C(=O)N[C@H](CN(C)C)c5ccccc5)C6(C)C)c4)cc3)c2)cc1. The Morgan fingerprint density at radius 2 is 1.15 bits per heavy atom. The molecule has 0 saturated carbocycles. The fourth-order valence-corrected chi connectivity index (χ4v) is 10.5. The topological polar surface area (TPSA) is 269 Å². The van der Waals surface area contributed by atoms with Crippen LogP contribution in [0.2, 0.25) is 0 Å². The number of fused-ring (bicyclic) bond motifs is 2. The van der Waals surface area contributed by atoms with Crippen molar-refractivity contribution in [3.63, 3.8) is 0 Å². The maximum atomic E-state index is 13.9. The lowest BCUT2D eigenvalue weighted by molar-refractivity contribution is -0.116. The Bertz CT molecular complexity index is 3540. The summed E-state index contributed by atoms with van der Waals surface area (Å²) in [5.74, 6) is -0.171. The van der Waals surface area contributed by atoms with Gasteiger partial charge >= 0.3 is 12.1 Å². The number of carbonyl (C=O) groups excluding carboxylic acids is 6. The first-order valence-electron chi connectivity index (χ1n) is 27.7. The normalized spacial score (nSPS) is 15.2. The molecule has 0 spiro atoms. The Labute approximate surface area is 488 Å². The highest BCUT2D eigenvalue weighted by Gasteiger charge is 2.47. The van der Waals surface area contributed by atoms with Crippen molar-refractivity contribution in [2.24, 2.45) is 0 Å². The molecule has 1 unspecified atom stereocenters. The Morgan fingerprint density at radius 1 is 0.619 bits per heavy atom. The number of H-pyrrole nitrogens is 2. The predicted molar refractivity (Wildman–Crippen MR) is 326 cm³/mol. The molecule has 0 aliphatic carbocycles. The van der Waals surface area contributed by atoms with Crippen LogP contribution >= 0.6 is 0 Å². The second kappa shape index (κ2) is 25.6. The van der Waals surface area contributed by atoms with Crippen molar-refractivity contribution in [3.8, 4) is 0 Å². The largest absolute Gasteiger partial charge is 0.338 e. The molecule has 84 heavy (non-hydrogen) atoms. The molecule has 22 heteroatoms. The van der Waals surface area contributed by atoms with E-state index in [2.05, 4.69) is 69.5 Å². The summed E-state index contributed by atoms with van der Waals surface area (Å²) in [6, 6.07) is 36.9. The zero-order valence-corrected chi connectivity index (χ0v) is 48.3. The van der Waals surface area contributed by atoms with Crippen molar-refractivity contribution in [2.45, 2.75) is 70.2 Å². The van der Waals surface area contributed by atoms with E-state index >= 15 is 0 Å². The number of amides is 8. The number of likely N-dealkylation sites (N-methyl/N-ethyl adjacent to an activating group) is 2. The van der Waals surface area contributed by atoms with Gasteiger partial charge in [-0.1, -0.05) is 49.0 Å². The van der Waals surface area contributed by atoms with Crippen molar-refractivity contribution in [1.82, 2.24) is 50.6 Å². The highest BCUT2D eigenvalue weighted by Crippen LogP contribution is 2.45. The number of hydrogen-bond donors (Lipinski definition) is 10. The number of carbonyl (C=O) groups is 6. The molecule has 9 rings (SSSR count). The van der Waals surface area contributed by atoms with E-state index in [1.807, 2.05) is 112 Å². The van der Waals surface area contributed by atoms with Crippen molar-refractivity contribution < 1.29 is 28.8 Å². The number of aromatic nitrogens is 4. The smallest absolute Gasteiger partial charge is 0.319 e. The molecule has 0 saturated heterocycles. The van der Waals surface area contributed by atoms with Crippen LogP contribution in [0.25, 0.3) is 0 Å². The van der Waals surface area contributed by atoms with Gasteiger partial charge in [-0.15, -0.1) is 0 Å². The van der Waals surface area contributed by atoms with E-state index in [4.69, 9.17) is 0 Å². The van der Waals surface area contributed by atoms with Crippen molar-refractivity contribution in [3.05, 3.63) is 179 Å². The Kier molecular flexibility index (Phi) is 17.9. The number of urea groups is 2. The maximum absolute atomic E-state index is 13.9. The maximum Gasteiger partial charge on any atom is 0.319 e. The molecule has 0 radical (unpaired) electrons. The second-order valence-electron chi connectivity index (χ2n) is 22.1. The third-order valence-electron chi connectivity index (χ3n) is 15.0. The molecule has 22 nitrogen and oxygen atoms in total. The molecule has 10 N–H and O–H groups in total. The number of aromatic amines is 2. The quantitative estimate of drug-likeness (QED) is 0.0285. The number of nitrogens with one attached hydrogen (secondary N) is 10. The first kappa shape index (κ1) is 58.8. The molecule has 2 aliphatic heterocycles. The van der Waals surface area contributed by atoms with E-state index in [1.165, 1.54) is 6.08 Å². The van der Waals surface area contributed by atoms with E-state index in [9.17, 15) is 28.8 Å². The predicted octanol–water partition coefficient (Wildman–Crippen LogP) is 9.42. The molecule has 7 aromatic rings. The van der Waals surface area contributed by atoms with Crippen LogP contribution in [-0.4, -0.2) is 124 Å². The number of anilines is 8. The fourth-order valence-electron chi connectivity index (χ4n) is 10.5. The fraction of sp³-hybridized carbons (Fsp3) is 0.290. The minimum atomic E-state index is -0.855. The molecule has 436 valence electrons. The first-order valence-corrected chi connectivity index (χ1v) is 27.7. The van der Waals surface area contributed by atoms with Crippen LogP contribution in [0.1, 0.15) is 94.9 Å². The van der Waals surface area contributed by atoms with Crippen LogP contribution in [0.4, 0.5) is 55.3 Å². The lowest BCUT2D eigenvalue weighted by atomic mass is 9.91. The summed E-state index contributed by atoms with van der Waals surface area (Å²) in [5.41, 5.74) is 6.98. The number of hydrogen-bond acceptors (Lipinski definition) is 12. The van der Waals surface area contributed by atoms with E-state index in [1.54, 1.807) is 83.8 Å². The minimum Gasteiger partial charge on any atom is -0.338 e. The van der Waals surface area contributed by atoms with Crippen molar-refractivity contribution in [1.29, 1.82) is 0 Å². The van der Waals surface area contributed by atoms with Crippen LogP contribution in [0.3, 0.4) is 0 Å². The summed E-state index contributed by atoms with van der Waals surface area (Å²) in [6.45, 7) is 11.7. The molecule has 2 aliphatic rings. The summed E-state index contributed by atoms with van der Waals surface area (Å²) < 4.78 is 0. The van der Waals surface area contributed by atoms with Gasteiger partial charge < -0.3 is 62.1 Å². The third kappa shape index (κ3) is 13.7. The van der Waals surface area contributed by atoms with Crippen LogP contribution in [0, 0.1) is 0 Å². The van der Waals surface area contributed by atoms with E-state index < -0.39 is 11.1 Å². The minimum absolute atomic E-state index is 0.153. The van der Waals surface area contributed by atoms with Gasteiger partial charge in [-0.3, -0.25) is 29.4 Å². The monoisotopic (exact) mass is 1140 g/mol. The average Bonchev–Trinajstić information content (AvgIpc) is 2.09. The van der Waals surface area contributed by atoms with Gasteiger partial charge in [-0.2, -0.15) is 10.2 Å². The standard InChI is InChI=1S/C62H72N16O6/c1-9-51(79)64-42-27-23-40(24-28-42)57(81)69-47-21-14-19-45(35-47)67-56-49-37-78(59(83)63-32-33-75(5)6)62(4,54(49)72-74-56)31-15-22-52(80)65-43-29-25-41(26-30-43)58(82)68-46-20-13-18-44(34-46)66-55-48-36-77(61(2,3)53(48)71-73-55)60(84)70-50(38-76(7)8)39-16-11-10-12-17-39/h9-14,16-21,23-30,34-35,50H,1,15,22,31-33,36-38H2,2-8H3,(H,63,83)(H,64,79)(H,65,80)(H,68,82)(H,69,81)(H,70,84)(H2,66,71,73)(H2,67,72,74)/t50-,62?/m1/s1. The lowest BCUT2D eigenvalue weighted by Gasteiger charge is -2.35. The molecule has 8 amide bonds. The average molecular weight is 1140 g/mol. The van der Waals surface area contributed by atoms with Gasteiger partial charge in [0, 0.05) is 82.4 Å². The van der Waals surface area contributed by atoms with Crippen LogP contribution < -0.4 is 42.5 Å². The molecule has 2 aromatic heterocycles. The summed E-state index contributed by atoms with van der Waals surface area (Å²) in [5, 5.41) is 40.1. The Morgan fingerprint density at radius 3 is 1.71 bits per heavy atom. The summed E-state index contributed by atoms with van der Waals surface area (Å²) >= 11 is 0. The number of benzene rings is 5. The highest BCUT2D eigenvalue weighted by molar-refractivity contribution is 6.06. The third-order valence-corrected chi connectivity index (χ3v) is 15.0. The lowest BCUT2D eigenvalue weighted by Crippen LogP contribution is -2.49. The Balaban J connectivity index is 0.784. The first-order chi connectivity index (χ1) is 40.3. The van der Waals surface area contributed by atoms with E-state index in [-0.39, 0.29) is 54.7 Å². The van der Waals surface area contributed by atoms with Gasteiger partial charge in [-0.25, -0.2) is 9.59 Å². The van der Waals surface area contributed by atoms with Gasteiger partial charge in [0.2, 0.25) is 11.8 Å². The molecule has 0 bridgehead atoms. The molecular weight excluding hydrogens is 1060 g/mol. The van der Waals surface area contributed by atoms with Crippen LogP contribution in [-0.2, 0) is 33.8 Å². The van der Waals surface area contributed by atoms with Gasteiger partial charge in [0.15, 0.2) is 11.6 Å². The molecule has 0 fully saturated rings. The number of rotatable bonds is 22. The van der Waals surface area contributed by atoms with Crippen LogP contribution in [0.15, 0.2) is 140 Å². The van der Waals surface area contributed by atoms with Crippen LogP contribution in [0.5, 0.6) is 0 Å². The molecule has 2 atom stereocenters. The van der Waals surface area contributed by atoms with Crippen molar-refractivity contribution in [2.75, 3.05) is 79.7 Å². The van der Waals surface area contributed by atoms with E-state index in [0.29, 0.717) is 95.9 Å². The van der Waals surface area contributed by atoms with Gasteiger partial charge in [0.1, 0.15) is 0 Å². The molecule has 5 aromatic carbocycles.